The number of carbonyl (C=O) groups excluding carboxylic acids is 2. The van der Waals surface area contributed by atoms with Gasteiger partial charge in [-0.3, -0.25) is 9.59 Å². The molecular formula is C23H24N2O2. The molecule has 0 unspecified atom stereocenters. The number of nitrogens with one attached hydrogen (secondary N) is 1. The maximum absolute atomic E-state index is 12.5. The van der Waals surface area contributed by atoms with E-state index in [1.807, 2.05) is 74.5 Å². The van der Waals surface area contributed by atoms with Gasteiger partial charge in [-0.2, -0.15) is 0 Å². The summed E-state index contributed by atoms with van der Waals surface area (Å²) in [6, 6.07) is 19.6. The van der Waals surface area contributed by atoms with Crippen LogP contribution in [0, 0.1) is 13.8 Å². The summed E-state index contributed by atoms with van der Waals surface area (Å²) in [5.41, 5.74) is 3.67. The van der Waals surface area contributed by atoms with Crippen LogP contribution in [-0.2, 0) is 4.79 Å². The first-order chi connectivity index (χ1) is 13.0. The molecule has 2 amide bonds. The van der Waals surface area contributed by atoms with Crippen LogP contribution < -0.4 is 10.2 Å². The molecule has 0 aliphatic heterocycles. The Bertz CT molecular complexity index is 995. The zero-order valence-electron chi connectivity index (χ0n) is 16.0. The predicted octanol–water partition coefficient (Wildman–Crippen LogP) is 4.24. The third kappa shape index (κ3) is 4.34. The fraction of sp³-hybridized carbons (Fsp3) is 0.217. The third-order valence-electron chi connectivity index (χ3n) is 4.74. The van der Waals surface area contributed by atoms with E-state index in [1.54, 1.807) is 11.9 Å². The van der Waals surface area contributed by atoms with Gasteiger partial charge in [0.1, 0.15) is 0 Å². The summed E-state index contributed by atoms with van der Waals surface area (Å²) < 4.78 is 0. The molecule has 0 saturated heterocycles. The average Bonchev–Trinajstić information content (AvgIpc) is 2.68. The van der Waals surface area contributed by atoms with Crippen LogP contribution in [0.25, 0.3) is 10.8 Å². The SMILES string of the molecule is Cc1ccc(C)c(N(C)C(=O)CCNC(=O)c2ccc3ccccc3c2)c1. The van der Waals surface area contributed by atoms with Gasteiger partial charge in [-0.25, -0.2) is 0 Å². The van der Waals surface area contributed by atoms with Crippen molar-refractivity contribution in [3.63, 3.8) is 0 Å². The maximum atomic E-state index is 12.5. The van der Waals surface area contributed by atoms with E-state index in [2.05, 4.69) is 5.32 Å². The van der Waals surface area contributed by atoms with Crippen LogP contribution in [0.1, 0.15) is 27.9 Å². The molecule has 3 aromatic rings. The van der Waals surface area contributed by atoms with Crippen LogP contribution in [0.5, 0.6) is 0 Å². The minimum absolute atomic E-state index is 0.0255. The molecule has 27 heavy (non-hydrogen) atoms. The van der Waals surface area contributed by atoms with Crippen LogP contribution in [0.15, 0.2) is 60.7 Å². The fourth-order valence-electron chi connectivity index (χ4n) is 3.10. The van der Waals surface area contributed by atoms with Crippen molar-refractivity contribution >= 4 is 28.3 Å². The standard InChI is InChI=1S/C23H24N2O2/c1-16-8-9-17(2)21(14-16)25(3)22(26)12-13-24-23(27)20-11-10-18-6-4-5-7-19(18)15-20/h4-11,14-15H,12-13H2,1-3H3,(H,24,27). The van der Waals surface area contributed by atoms with Gasteiger partial charge < -0.3 is 10.2 Å². The summed E-state index contributed by atoms with van der Waals surface area (Å²) in [5, 5.41) is 4.96. The van der Waals surface area contributed by atoms with Gasteiger partial charge in [0, 0.05) is 31.3 Å². The van der Waals surface area contributed by atoms with Gasteiger partial charge in [-0.15, -0.1) is 0 Å². The highest BCUT2D eigenvalue weighted by atomic mass is 16.2. The fourth-order valence-corrected chi connectivity index (χ4v) is 3.10. The molecule has 0 aromatic heterocycles. The Morgan fingerprint density at radius 1 is 0.926 bits per heavy atom. The van der Waals surface area contributed by atoms with E-state index in [4.69, 9.17) is 0 Å². The molecule has 0 fully saturated rings. The van der Waals surface area contributed by atoms with Crippen molar-refractivity contribution in [1.29, 1.82) is 0 Å². The van der Waals surface area contributed by atoms with E-state index in [1.165, 1.54) is 0 Å². The Morgan fingerprint density at radius 3 is 2.44 bits per heavy atom. The Labute approximate surface area is 159 Å². The first-order valence-corrected chi connectivity index (χ1v) is 9.06. The van der Waals surface area contributed by atoms with Crippen LogP contribution >= 0.6 is 0 Å². The first-order valence-electron chi connectivity index (χ1n) is 9.06. The zero-order chi connectivity index (χ0) is 19.4. The summed E-state index contributed by atoms with van der Waals surface area (Å²) in [6.07, 6.45) is 0.253. The number of hydrogen-bond acceptors (Lipinski definition) is 2. The monoisotopic (exact) mass is 360 g/mol. The molecule has 0 heterocycles. The summed E-state index contributed by atoms with van der Waals surface area (Å²) in [7, 11) is 1.77. The Balaban J connectivity index is 1.58. The largest absolute Gasteiger partial charge is 0.352 e. The van der Waals surface area contributed by atoms with E-state index in [-0.39, 0.29) is 18.2 Å². The molecule has 0 saturated carbocycles. The molecule has 0 radical (unpaired) electrons. The second-order valence-electron chi connectivity index (χ2n) is 6.81. The van der Waals surface area contributed by atoms with Crippen molar-refractivity contribution in [3.8, 4) is 0 Å². The molecule has 0 aliphatic rings. The molecule has 3 rings (SSSR count). The van der Waals surface area contributed by atoms with Gasteiger partial charge in [0.25, 0.3) is 5.91 Å². The Kier molecular flexibility index (Phi) is 5.55. The van der Waals surface area contributed by atoms with Gasteiger partial charge >= 0.3 is 0 Å². The highest BCUT2D eigenvalue weighted by Crippen LogP contribution is 2.21. The lowest BCUT2D eigenvalue weighted by Gasteiger charge is -2.20. The normalized spacial score (nSPS) is 10.6. The molecule has 3 aromatic carbocycles. The number of aryl methyl sites for hydroxylation is 2. The lowest BCUT2D eigenvalue weighted by Crippen LogP contribution is -2.32. The zero-order valence-corrected chi connectivity index (χ0v) is 16.0. The number of nitrogens with zero attached hydrogens (tertiary/aromatic N) is 1. The third-order valence-corrected chi connectivity index (χ3v) is 4.74. The quantitative estimate of drug-likeness (QED) is 0.740. The molecule has 1 N–H and O–H groups in total. The predicted molar refractivity (Wildman–Crippen MR) is 110 cm³/mol. The Morgan fingerprint density at radius 2 is 1.67 bits per heavy atom. The lowest BCUT2D eigenvalue weighted by atomic mass is 10.1. The first kappa shape index (κ1) is 18.6. The van der Waals surface area contributed by atoms with Crippen molar-refractivity contribution in [1.82, 2.24) is 5.32 Å². The van der Waals surface area contributed by atoms with Crippen LogP contribution in [0.4, 0.5) is 5.69 Å². The molecule has 138 valence electrons. The van der Waals surface area contributed by atoms with Gasteiger partial charge in [0.05, 0.1) is 0 Å². The summed E-state index contributed by atoms with van der Waals surface area (Å²) in [6.45, 7) is 4.30. The van der Waals surface area contributed by atoms with E-state index < -0.39 is 0 Å². The van der Waals surface area contributed by atoms with Crippen molar-refractivity contribution in [2.45, 2.75) is 20.3 Å². The van der Waals surface area contributed by atoms with E-state index >= 15 is 0 Å². The molecule has 0 bridgehead atoms. The summed E-state index contributed by atoms with van der Waals surface area (Å²) in [4.78, 5) is 26.5. The van der Waals surface area contributed by atoms with Crippen LogP contribution in [0.3, 0.4) is 0 Å². The topological polar surface area (TPSA) is 49.4 Å². The molecule has 4 nitrogen and oxygen atoms in total. The number of hydrogen-bond donors (Lipinski definition) is 1. The lowest BCUT2D eigenvalue weighted by molar-refractivity contribution is -0.118. The van der Waals surface area contributed by atoms with E-state index in [0.717, 1.165) is 27.6 Å². The average molecular weight is 360 g/mol. The highest BCUT2D eigenvalue weighted by molar-refractivity contribution is 5.99. The molecular weight excluding hydrogens is 336 g/mol. The molecule has 0 atom stereocenters. The van der Waals surface area contributed by atoms with Gasteiger partial charge in [-0.1, -0.05) is 42.5 Å². The van der Waals surface area contributed by atoms with Gasteiger partial charge in [0.15, 0.2) is 0 Å². The number of amides is 2. The molecule has 0 aliphatic carbocycles. The number of anilines is 1. The van der Waals surface area contributed by atoms with Gasteiger partial charge in [0.2, 0.25) is 5.91 Å². The summed E-state index contributed by atoms with van der Waals surface area (Å²) >= 11 is 0. The highest BCUT2D eigenvalue weighted by Gasteiger charge is 2.14. The number of benzene rings is 3. The molecule has 4 heteroatoms. The van der Waals surface area contributed by atoms with Crippen molar-refractivity contribution in [2.75, 3.05) is 18.5 Å². The second-order valence-corrected chi connectivity index (χ2v) is 6.81. The number of fused-ring (bicyclic) bond motifs is 1. The number of rotatable bonds is 5. The minimum Gasteiger partial charge on any atom is -0.352 e. The van der Waals surface area contributed by atoms with E-state index in [0.29, 0.717) is 12.1 Å². The van der Waals surface area contributed by atoms with Crippen LogP contribution in [-0.4, -0.2) is 25.4 Å². The smallest absolute Gasteiger partial charge is 0.251 e. The van der Waals surface area contributed by atoms with Crippen LogP contribution in [0.2, 0.25) is 0 Å². The Hall–Kier alpha value is -3.14. The second kappa shape index (κ2) is 8.04. The molecule has 0 spiro atoms. The van der Waals surface area contributed by atoms with E-state index in [9.17, 15) is 9.59 Å². The van der Waals surface area contributed by atoms with Crippen molar-refractivity contribution in [3.05, 3.63) is 77.4 Å². The number of carbonyl (C=O) groups is 2. The van der Waals surface area contributed by atoms with Crippen molar-refractivity contribution < 1.29 is 9.59 Å². The van der Waals surface area contributed by atoms with Crippen molar-refractivity contribution in [2.24, 2.45) is 0 Å². The van der Waals surface area contributed by atoms with Gasteiger partial charge in [-0.05, 0) is 53.9 Å². The minimum atomic E-state index is -0.164. The maximum Gasteiger partial charge on any atom is 0.251 e. The summed E-state index contributed by atoms with van der Waals surface area (Å²) in [5.74, 6) is -0.189.